The van der Waals surface area contributed by atoms with Gasteiger partial charge < -0.3 is 10.1 Å². The Morgan fingerprint density at radius 3 is 2.64 bits per heavy atom. The molecule has 0 saturated carbocycles. The van der Waals surface area contributed by atoms with Crippen LogP contribution >= 0.6 is 0 Å². The van der Waals surface area contributed by atoms with Gasteiger partial charge in [0, 0.05) is 6.20 Å². The number of aromatic nitrogens is 1. The minimum Gasteiger partial charge on any atom is -0.477 e. The summed E-state index contributed by atoms with van der Waals surface area (Å²) in [6.45, 7) is 1.32. The van der Waals surface area contributed by atoms with Crippen molar-refractivity contribution in [1.29, 1.82) is 0 Å². The molecule has 0 radical (unpaired) electrons. The minimum atomic E-state index is -1.49. The fraction of sp³-hybridized carbons (Fsp3) is 0.143. The van der Waals surface area contributed by atoms with Crippen molar-refractivity contribution in [2.45, 2.75) is 6.92 Å². The van der Waals surface area contributed by atoms with E-state index in [0.29, 0.717) is 0 Å². The Morgan fingerprint density at radius 2 is 2.21 bits per heavy atom. The quantitative estimate of drug-likeness (QED) is 0.523. The first-order valence-electron chi connectivity index (χ1n) is 3.55. The molecule has 0 atom stereocenters. The number of nitrogens with zero attached hydrogens (tertiary/aromatic N) is 1. The van der Waals surface area contributed by atoms with Gasteiger partial charge in [-0.25, -0.2) is 4.79 Å². The number of carbonyl (C=O) groups is 1. The molecular formula is C7H6N2O5. The zero-order chi connectivity index (χ0) is 10.9. The number of aromatic amines is 1. The topological polar surface area (TPSA) is 113 Å². The van der Waals surface area contributed by atoms with Crippen LogP contribution in [0.2, 0.25) is 0 Å². The van der Waals surface area contributed by atoms with Crippen molar-refractivity contribution in [3.05, 3.63) is 37.8 Å². The van der Waals surface area contributed by atoms with Crippen LogP contribution in [0.25, 0.3) is 0 Å². The molecule has 1 heterocycles. The van der Waals surface area contributed by atoms with Crippen molar-refractivity contribution >= 4 is 11.7 Å². The second kappa shape index (κ2) is 3.29. The number of pyridine rings is 1. The van der Waals surface area contributed by atoms with Crippen LogP contribution in [0.5, 0.6) is 0 Å². The van der Waals surface area contributed by atoms with Gasteiger partial charge in [0.05, 0.1) is 10.6 Å². The van der Waals surface area contributed by atoms with Gasteiger partial charge in [-0.05, 0) is 6.92 Å². The number of rotatable bonds is 2. The third-order valence-electron chi connectivity index (χ3n) is 1.66. The van der Waals surface area contributed by atoms with Crippen LogP contribution in [0.3, 0.4) is 0 Å². The van der Waals surface area contributed by atoms with E-state index in [0.717, 1.165) is 6.20 Å². The van der Waals surface area contributed by atoms with Gasteiger partial charge in [0.15, 0.2) is 0 Å². The predicted octanol–water partition coefficient (Wildman–Crippen LogP) is 0.290. The lowest BCUT2D eigenvalue weighted by molar-refractivity contribution is -0.386. The van der Waals surface area contributed by atoms with Crippen molar-refractivity contribution < 1.29 is 14.8 Å². The molecule has 1 rings (SSSR count). The van der Waals surface area contributed by atoms with E-state index in [4.69, 9.17) is 5.11 Å². The summed E-state index contributed by atoms with van der Waals surface area (Å²) in [6.07, 6.45) is 0.938. The summed E-state index contributed by atoms with van der Waals surface area (Å²) in [7, 11) is 0. The second-order valence-corrected chi connectivity index (χ2v) is 2.57. The summed E-state index contributed by atoms with van der Waals surface area (Å²) in [5.74, 6) is -1.49. The van der Waals surface area contributed by atoms with Gasteiger partial charge >= 0.3 is 11.7 Å². The van der Waals surface area contributed by atoms with E-state index < -0.39 is 27.6 Å². The average Bonchev–Trinajstić information content (AvgIpc) is 2.02. The maximum atomic E-state index is 11.2. The SMILES string of the molecule is Cc1[nH]cc(C(=O)O)c(=O)c1[N+](=O)[O-]. The molecular weight excluding hydrogens is 192 g/mol. The fourth-order valence-corrected chi connectivity index (χ4v) is 0.991. The highest BCUT2D eigenvalue weighted by Gasteiger charge is 2.22. The molecule has 7 heteroatoms. The smallest absolute Gasteiger partial charge is 0.341 e. The van der Waals surface area contributed by atoms with E-state index in [1.54, 1.807) is 0 Å². The number of nitro groups is 1. The summed E-state index contributed by atoms with van der Waals surface area (Å²) in [5.41, 5.74) is -2.42. The molecule has 0 aliphatic rings. The molecule has 0 unspecified atom stereocenters. The van der Waals surface area contributed by atoms with E-state index >= 15 is 0 Å². The van der Waals surface area contributed by atoms with Crippen LogP contribution in [0.1, 0.15) is 16.1 Å². The standard InChI is InChI=1S/C7H6N2O5/c1-3-5(9(13)14)6(10)4(2-8-3)7(11)12/h2H,1H3,(H,8,10)(H,11,12). The lowest BCUT2D eigenvalue weighted by Crippen LogP contribution is -2.19. The van der Waals surface area contributed by atoms with Crippen molar-refractivity contribution in [1.82, 2.24) is 4.98 Å². The number of hydrogen-bond acceptors (Lipinski definition) is 4. The number of carboxylic acid groups (broad SMARTS) is 1. The van der Waals surface area contributed by atoms with Crippen molar-refractivity contribution in [3.8, 4) is 0 Å². The number of aromatic carboxylic acids is 1. The summed E-state index contributed by atoms with van der Waals surface area (Å²) in [6, 6.07) is 0. The number of hydrogen-bond donors (Lipinski definition) is 2. The molecule has 0 saturated heterocycles. The Bertz CT molecular complexity index is 462. The maximum absolute atomic E-state index is 11.2. The molecule has 0 spiro atoms. The summed E-state index contributed by atoms with van der Waals surface area (Å²) in [5, 5.41) is 18.9. The van der Waals surface area contributed by atoms with Crippen LogP contribution in [-0.4, -0.2) is 21.0 Å². The Morgan fingerprint density at radius 1 is 1.64 bits per heavy atom. The number of H-pyrrole nitrogens is 1. The lowest BCUT2D eigenvalue weighted by atomic mass is 10.2. The van der Waals surface area contributed by atoms with Crippen LogP contribution in [0.4, 0.5) is 5.69 Å². The van der Waals surface area contributed by atoms with E-state index in [9.17, 15) is 19.7 Å². The van der Waals surface area contributed by atoms with Gasteiger partial charge in [0.1, 0.15) is 5.56 Å². The monoisotopic (exact) mass is 198 g/mol. The normalized spacial score (nSPS) is 9.79. The molecule has 0 fully saturated rings. The minimum absolute atomic E-state index is 0.0324. The van der Waals surface area contributed by atoms with Crippen molar-refractivity contribution in [2.24, 2.45) is 0 Å². The van der Waals surface area contributed by atoms with Crippen LogP contribution in [0.15, 0.2) is 11.0 Å². The first-order valence-corrected chi connectivity index (χ1v) is 3.55. The van der Waals surface area contributed by atoms with Crippen molar-refractivity contribution in [3.63, 3.8) is 0 Å². The lowest BCUT2D eigenvalue weighted by Gasteiger charge is -1.97. The molecule has 0 aliphatic heterocycles. The molecule has 7 nitrogen and oxygen atoms in total. The third-order valence-corrected chi connectivity index (χ3v) is 1.66. The summed E-state index contributed by atoms with van der Waals surface area (Å²) in [4.78, 5) is 33.6. The molecule has 0 aromatic carbocycles. The maximum Gasteiger partial charge on any atom is 0.341 e. The van der Waals surface area contributed by atoms with Gasteiger partial charge in [0.2, 0.25) is 0 Å². The largest absolute Gasteiger partial charge is 0.477 e. The zero-order valence-electron chi connectivity index (χ0n) is 7.10. The fourth-order valence-electron chi connectivity index (χ4n) is 0.991. The highest BCUT2D eigenvalue weighted by Crippen LogP contribution is 2.09. The molecule has 0 aliphatic carbocycles. The Kier molecular flexibility index (Phi) is 2.32. The van der Waals surface area contributed by atoms with Gasteiger partial charge in [-0.1, -0.05) is 0 Å². The highest BCUT2D eigenvalue weighted by atomic mass is 16.6. The number of carboxylic acids is 1. The molecule has 14 heavy (non-hydrogen) atoms. The van der Waals surface area contributed by atoms with Crippen LogP contribution < -0.4 is 5.43 Å². The Balaban J connectivity index is 3.58. The zero-order valence-corrected chi connectivity index (χ0v) is 7.10. The van der Waals surface area contributed by atoms with Gasteiger partial charge in [-0.15, -0.1) is 0 Å². The van der Waals surface area contributed by atoms with Crippen LogP contribution in [-0.2, 0) is 0 Å². The van der Waals surface area contributed by atoms with Crippen LogP contribution in [0, 0.1) is 17.0 Å². The molecule has 1 aromatic heterocycles. The molecule has 0 amide bonds. The van der Waals surface area contributed by atoms with Gasteiger partial charge in [0.25, 0.3) is 5.43 Å². The summed E-state index contributed by atoms with van der Waals surface area (Å²) < 4.78 is 0. The van der Waals surface area contributed by atoms with E-state index in [1.807, 2.05) is 0 Å². The molecule has 74 valence electrons. The van der Waals surface area contributed by atoms with E-state index in [1.165, 1.54) is 6.92 Å². The molecule has 0 bridgehead atoms. The van der Waals surface area contributed by atoms with Crippen molar-refractivity contribution in [2.75, 3.05) is 0 Å². The first kappa shape index (κ1) is 9.90. The highest BCUT2D eigenvalue weighted by molar-refractivity contribution is 5.87. The van der Waals surface area contributed by atoms with E-state index in [2.05, 4.69) is 4.98 Å². The first-order chi connectivity index (χ1) is 6.45. The third kappa shape index (κ3) is 1.47. The average molecular weight is 198 g/mol. The predicted molar refractivity (Wildman–Crippen MR) is 45.4 cm³/mol. The number of aryl methyl sites for hydroxylation is 1. The Hall–Kier alpha value is -2.18. The van der Waals surface area contributed by atoms with Gasteiger partial charge in [-0.3, -0.25) is 14.9 Å². The van der Waals surface area contributed by atoms with Gasteiger partial charge in [-0.2, -0.15) is 0 Å². The Labute approximate surface area is 77.2 Å². The second-order valence-electron chi connectivity index (χ2n) is 2.57. The molecule has 2 N–H and O–H groups in total. The van der Waals surface area contributed by atoms with E-state index in [-0.39, 0.29) is 5.69 Å². The summed E-state index contributed by atoms with van der Waals surface area (Å²) >= 11 is 0. The number of nitrogens with one attached hydrogen (secondary N) is 1. The molecule has 1 aromatic rings.